The molecule has 2 nitrogen and oxygen atoms in total. The lowest BCUT2D eigenvalue weighted by Gasteiger charge is -1.93. The molecule has 1 aromatic carbocycles. The molecule has 5 heteroatoms. The summed E-state index contributed by atoms with van der Waals surface area (Å²) in [5.74, 6) is 0.953. The molecule has 0 radical (unpaired) electrons. The molecule has 18 heavy (non-hydrogen) atoms. The Kier molecular flexibility index (Phi) is 3.46. The van der Waals surface area contributed by atoms with Crippen LogP contribution in [0.1, 0.15) is 10.4 Å². The van der Waals surface area contributed by atoms with Gasteiger partial charge in [0.15, 0.2) is 5.16 Å². The highest BCUT2D eigenvalue weighted by Gasteiger charge is 2.05. The fraction of sp³-hybridized carbons (Fsp3) is 0.154. The molecule has 3 aromatic rings. The molecule has 0 amide bonds. The number of imidazole rings is 1. The molecule has 0 spiro atoms. The topological polar surface area (TPSA) is 28.7 Å². The summed E-state index contributed by atoms with van der Waals surface area (Å²) in [6, 6.07) is 8.44. The molecule has 0 atom stereocenters. The van der Waals surface area contributed by atoms with Gasteiger partial charge in [-0.1, -0.05) is 17.8 Å². The lowest BCUT2D eigenvalue weighted by atomic mass is 10.2. The van der Waals surface area contributed by atoms with Crippen molar-refractivity contribution in [3.8, 4) is 0 Å². The first kappa shape index (κ1) is 12.3. The number of hydrogen-bond acceptors (Lipinski definition) is 3. The quantitative estimate of drug-likeness (QED) is 0.681. The van der Waals surface area contributed by atoms with Gasteiger partial charge >= 0.3 is 0 Å². The Hall–Kier alpha value is -0.780. The normalized spacial score (nSPS) is 11.2. The van der Waals surface area contributed by atoms with E-state index in [2.05, 4.69) is 62.5 Å². The Morgan fingerprint density at radius 1 is 1.39 bits per heavy atom. The van der Waals surface area contributed by atoms with Gasteiger partial charge in [0.05, 0.1) is 11.0 Å². The highest BCUT2D eigenvalue weighted by Crippen LogP contribution is 2.28. The van der Waals surface area contributed by atoms with E-state index in [-0.39, 0.29) is 0 Å². The van der Waals surface area contributed by atoms with Gasteiger partial charge in [0.1, 0.15) is 0 Å². The summed E-state index contributed by atoms with van der Waals surface area (Å²) in [5, 5.41) is 3.10. The van der Waals surface area contributed by atoms with Crippen molar-refractivity contribution in [3.05, 3.63) is 44.6 Å². The van der Waals surface area contributed by atoms with Crippen molar-refractivity contribution in [2.75, 3.05) is 0 Å². The molecule has 3 rings (SSSR count). The standard InChI is InChI=1S/C13H11BrN2S2/c1-8-2-3-11-12(4-8)16-13(15-11)18-7-10-5-9(14)6-17-10/h2-6H,7H2,1H3,(H,15,16). The monoisotopic (exact) mass is 338 g/mol. The predicted molar refractivity (Wildman–Crippen MR) is 82.4 cm³/mol. The molecule has 0 saturated carbocycles. The zero-order chi connectivity index (χ0) is 12.5. The third-order valence-corrected chi connectivity index (χ3v) is 5.39. The minimum absolute atomic E-state index is 0.953. The first-order valence-corrected chi connectivity index (χ1v) is 8.18. The van der Waals surface area contributed by atoms with Crippen molar-refractivity contribution in [1.82, 2.24) is 9.97 Å². The summed E-state index contributed by atoms with van der Waals surface area (Å²) in [6.07, 6.45) is 0. The molecular formula is C13H11BrN2S2. The van der Waals surface area contributed by atoms with Gasteiger partial charge in [0.2, 0.25) is 0 Å². The molecule has 1 N–H and O–H groups in total. The van der Waals surface area contributed by atoms with Crippen molar-refractivity contribution in [3.63, 3.8) is 0 Å². The van der Waals surface area contributed by atoms with Gasteiger partial charge in [-0.2, -0.15) is 0 Å². The van der Waals surface area contributed by atoms with Gasteiger partial charge in [-0.25, -0.2) is 4.98 Å². The molecule has 0 unspecified atom stereocenters. The van der Waals surface area contributed by atoms with Gasteiger partial charge in [0, 0.05) is 20.5 Å². The van der Waals surface area contributed by atoms with Gasteiger partial charge in [0.25, 0.3) is 0 Å². The molecule has 0 fully saturated rings. The molecular weight excluding hydrogens is 328 g/mol. The number of fused-ring (bicyclic) bond motifs is 1. The van der Waals surface area contributed by atoms with Crippen LogP contribution < -0.4 is 0 Å². The third kappa shape index (κ3) is 2.63. The van der Waals surface area contributed by atoms with E-state index in [0.717, 1.165) is 26.4 Å². The lowest BCUT2D eigenvalue weighted by molar-refractivity contribution is 1.08. The van der Waals surface area contributed by atoms with Gasteiger partial charge in [-0.05, 0) is 46.6 Å². The van der Waals surface area contributed by atoms with Crippen LogP contribution in [0.4, 0.5) is 0 Å². The van der Waals surface area contributed by atoms with Crippen LogP contribution in [0, 0.1) is 6.92 Å². The number of thioether (sulfide) groups is 1. The first-order chi connectivity index (χ1) is 8.70. The summed E-state index contributed by atoms with van der Waals surface area (Å²) >= 11 is 6.98. The van der Waals surface area contributed by atoms with Crippen LogP contribution in [-0.4, -0.2) is 9.97 Å². The molecule has 2 aromatic heterocycles. The minimum Gasteiger partial charge on any atom is -0.333 e. The molecule has 0 aliphatic heterocycles. The molecule has 0 saturated heterocycles. The summed E-state index contributed by atoms with van der Waals surface area (Å²) in [7, 11) is 0. The van der Waals surface area contributed by atoms with Crippen molar-refractivity contribution in [2.24, 2.45) is 0 Å². The summed E-state index contributed by atoms with van der Waals surface area (Å²) in [5.41, 5.74) is 3.41. The molecule has 0 aliphatic carbocycles. The van der Waals surface area contributed by atoms with Crippen LogP contribution in [0.5, 0.6) is 0 Å². The summed E-state index contributed by atoms with van der Waals surface area (Å²) in [4.78, 5) is 9.28. The van der Waals surface area contributed by atoms with Crippen LogP contribution >= 0.6 is 39.0 Å². The number of nitrogens with one attached hydrogen (secondary N) is 1. The number of benzene rings is 1. The Morgan fingerprint density at radius 2 is 2.28 bits per heavy atom. The average molecular weight is 339 g/mol. The second-order valence-electron chi connectivity index (χ2n) is 4.08. The lowest BCUT2D eigenvalue weighted by Crippen LogP contribution is -1.76. The van der Waals surface area contributed by atoms with Gasteiger partial charge in [-0.15, -0.1) is 11.3 Å². The van der Waals surface area contributed by atoms with E-state index in [1.54, 1.807) is 23.1 Å². The maximum atomic E-state index is 4.58. The number of hydrogen-bond donors (Lipinski definition) is 1. The third-order valence-electron chi connectivity index (χ3n) is 2.59. The number of H-pyrrole nitrogens is 1. The number of rotatable bonds is 3. The Bertz CT molecular complexity index is 687. The van der Waals surface area contributed by atoms with E-state index in [0.29, 0.717) is 0 Å². The first-order valence-electron chi connectivity index (χ1n) is 5.53. The molecule has 0 bridgehead atoms. The second-order valence-corrected chi connectivity index (χ2v) is 6.96. The average Bonchev–Trinajstić information content (AvgIpc) is 2.92. The largest absolute Gasteiger partial charge is 0.333 e. The predicted octanol–water partition coefficient (Wildman–Crippen LogP) is 4.99. The van der Waals surface area contributed by atoms with Gasteiger partial charge < -0.3 is 4.98 Å². The number of halogens is 1. The fourth-order valence-electron chi connectivity index (χ4n) is 1.74. The smallest absolute Gasteiger partial charge is 0.166 e. The van der Waals surface area contributed by atoms with Crippen molar-refractivity contribution in [2.45, 2.75) is 17.8 Å². The number of nitrogens with zero attached hydrogens (tertiary/aromatic N) is 1. The Morgan fingerprint density at radius 3 is 3.06 bits per heavy atom. The zero-order valence-corrected chi connectivity index (χ0v) is 13.0. The summed E-state index contributed by atoms with van der Waals surface area (Å²) < 4.78 is 1.16. The van der Waals surface area contributed by atoms with Crippen molar-refractivity contribution < 1.29 is 0 Å². The van der Waals surface area contributed by atoms with Crippen LogP contribution in [0.15, 0.2) is 39.3 Å². The maximum absolute atomic E-state index is 4.58. The Balaban J connectivity index is 1.78. The number of aryl methyl sites for hydroxylation is 1. The van der Waals surface area contributed by atoms with E-state index in [1.807, 2.05) is 0 Å². The van der Waals surface area contributed by atoms with Crippen LogP contribution in [0.2, 0.25) is 0 Å². The molecule has 92 valence electrons. The van der Waals surface area contributed by atoms with Gasteiger partial charge in [-0.3, -0.25) is 0 Å². The SMILES string of the molecule is Cc1ccc2nc(SCc3cc(Br)cs3)[nH]c2c1. The Labute approximate surface area is 122 Å². The molecule has 0 aliphatic rings. The number of aromatic nitrogens is 2. The highest BCUT2D eigenvalue weighted by atomic mass is 79.9. The van der Waals surface area contributed by atoms with E-state index < -0.39 is 0 Å². The minimum atomic E-state index is 0.953. The zero-order valence-electron chi connectivity index (χ0n) is 9.74. The van der Waals surface area contributed by atoms with Crippen LogP contribution in [0.3, 0.4) is 0 Å². The highest BCUT2D eigenvalue weighted by molar-refractivity contribution is 9.10. The second kappa shape index (κ2) is 5.07. The van der Waals surface area contributed by atoms with Crippen LogP contribution in [0.25, 0.3) is 11.0 Å². The summed E-state index contributed by atoms with van der Waals surface area (Å²) in [6.45, 7) is 2.09. The maximum Gasteiger partial charge on any atom is 0.166 e. The van der Waals surface area contributed by atoms with E-state index in [4.69, 9.17) is 0 Å². The van der Waals surface area contributed by atoms with E-state index >= 15 is 0 Å². The van der Waals surface area contributed by atoms with E-state index in [9.17, 15) is 0 Å². The van der Waals surface area contributed by atoms with Crippen molar-refractivity contribution in [1.29, 1.82) is 0 Å². The fourth-order valence-corrected chi connectivity index (χ4v) is 4.13. The van der Waals surface area contributed by atoms with Crippen molar-refractivity contribution >= 4 is 50.1 Å². The number of thiophene rings is 1. The number of aromatic amines is 1. The van der Waals surface area contributed by atoms with E-state index in [1.165, 1.54) is 10.4 Å². The van der Waals surface area contributed by atoms with Crippen LogP contribution in [-0.2, 0) is 5.75 Å². The molecule has 2 heterocycles.